The highest BCUT2D eigenvalue weighted by molar-refractivity contribution is 5.81. The molecule has 35 heavy (non-hydrogen) atoms. The molecule has 0 bridgehead atoms. The van der Waals surface area contributed by atoms with Gasteiger partial charge in [0.15, 0.2) is 0 Å². The van der Waals surface area contributed by atoms with Crippen LogP contribution in [0.25, 0.3) is 10.9 Å². The molecule has 0 spiro atoms. The summed E-state index contributed by atoms with van der Waals surface area (Å²) in [4.78, 5) is 15.2. The molecule has 184 valence electrons. The molecule has 1 amide bonds. The van der Waals surface area contributed by atoms with Gasteiger partial charge < -0.3 is 9.88 Å². The number of para-hydroxylation sites is 1. The number of carbonyl (C=O) groups is 1. The number of likely N-dealkylation sites (tertiary alicyclic amines) is 1. The van der Waals surface area contributed by atoms with Crippen molar-refractivity contribution in [2.45, 2.75) is 58.0 Å². The zero-order valence-electron chi connectivity index (χ0n) is 20.5. The largest absolute Gasteiger partial charge is 0.356 e. The van der Waals surface area contributed by atoms with Gasteiger partial charge in [0.25, 0.3) is 0 Å². The molecular formula is C30H36FN3O. The van der Waals surface area contributed by atoms with Gasteiger partial charge in [0.1, 0.15) is 5.82 Å². The molecule has 1 fully saturated rings. The quantitative estimate of drug-likeness (QED) is 0.405. The fraction of sp³-hybridized carbons (Fsp3) is 0.433. The molecule has 4 nitrogen and oxygen atoms in total. The number of halogens is 1. The van der Waals surface area contributed by atoms with E-state index in [0.717, 1.165) is 51.0 Å². The van der Waals surface area contributed by atoms with Crippen molar-refractivity contribution in [1.82, 2.24) is 14.8 Å². The molecule has 2 heterocycles. The lowest BCUT2D eigenvalue weighted by Crippen LogP contribution is -2.40. The smallest absolute Gasteiger partial charge is 0.223 e. The fourth-order valence-corrected chi connectivity index (χ4v) is 5.61. The highest BCUT2D eigenvalue weighted by Crippen LogP contribution is 2.25. The van der Waals surface area contributed by atoms with Crippen LogP contribution in [0.1, 0.15) is 56.2 Å². The highest BCUT2D eigenvalue weighted by atomic mass is 19.1. The first-order valence-corrected chi connectivity index (χ1v) is 13.2. The topological polar surface area (TPSA) is 37.3 Å². The Labute approximate surface area is 207 Å². The molecule has 0 unspecified atom stereocenters. The lowest BCUT2D eigenvalue weighted by Gasteiger charge is -2.31. The zero-order chi connectivity index (χ0) is 24.0. The second kappa shape index (κ2) is 11.2. The van der Waals surface area contributed by atoms with Crippen molar-refractivity contribution < 1.29 is 9.18 Å². The zero-order valence-corrected chi connectivity index (χ0v) is 20.5. The Morgan fingerprint density at radius 1 is 1.00 bits per heavy atom. The lowest BCUT2D eigenvalue weighted by atomic mass is 9.95. The number of rotatable bonds is 8. The fourth-order valence-electron chi connectivity index (χ4n) is 5.61. The highest BCUT2D eigenvalue weighted by Gasteiger charge is 2.25. The number of nitrogens with zero attached hydrogens (tertiary/aromatic N) is 2. The number of allylic oxidation sites excluding steroid dienone is 1. The summed E-state index contributed by atoms with van der Waals surface area (Å²) in [6, 6.07) is 17.5. The van der Waals surface area contributed by atoms with Gasteiger partial charge in [-0.1, -0.05) is 42.0 Å². The monoisotopic (exact) mass is 473 g/mol. The average molecular weight is 474 g/mol. The Morgan fingerprint density at radius 3 is 2.66 bits per heavy atom. The SMILES string of the molecule is O=C(NCCC1=CCCCC1)C1CCN(Cc2cc3ccccc3n2Cc2cccc(F)c2)CC1. The summed E-state index contributed by atoms with van der Waals surface area (Å²) in [7, 11) is 0. The summed E-state index contributed by atoms with van der Waals surface area (Å²) in [6.07, 6.45) is 10.2. The summed E-state index contributed by atoms with van der Waals surface area (Å²) in [5, 5.41) is 4.40. The van der Waals surface area contributed by atoms with Gasteiger partial charge in [-0.25, -0.2) is 4.39 Å². The number of amides is 1. The third-order valence-electron chi connectivity index (χ3n) is 7.60. The molecule has 2 aromatic carbocycles. The number of nitrogens with one attached hydrogen (secondary N) is 1. The van der Waals surface area contributed by atoms with Gasteiger partial charge in [0.2, 0.25) is 5.91 Å². The van der Waals surface area contributed by atoms with Crippen LogP contribution in [0.5, 0.6) is 0 Å². The van der Waals surface area contributed by atoms with Crippen LogP contribution >= 0.6 is 0 Å². The summed E-state index contributed by atoms with van der Waals surface area (Å²) < 4.78 is 16.1. The average Bonchev–Trinajstić information content (AvgIpc) is 3.22. The van der Waals surface area contributed by atoms with Crippen molar-refractivity contribution in [3.63, 3.8) is 0 Å². The van der Waals surface area contributed by atoms with E-state index in [2.05, 4.69) is 51.2 Å². The first kappa shape index (κ1) is 23.8. The molecule has 1 saturated heterocycles. The van der Waals surface area contributed by atoms with Gasteiger partial charge in [-0.2, -0.15) is 0 Å². The van der Waals surface area contributed by atoms with Crippen LogP contribution in [0.15, 0.2) is 66.2 Å². The van der Waals surface area contributed by atoms with Crippen molar-refractivity contribution in [3.8, 4) is 0 Å². The predicted molar refractivity (Wildman–Crippen MR) is 140 cm³/mol. The number of hydrogen-bond acceptors (Lipinski definition) is 2. The Morgan fingerprint density at radius 2 is 1.86 bits per heavy atom. The molecule has 5 rings (SSSR count). The Kier molecular flexibility index (Phi) is 7.63. The lowest BCUT2D eigenvalue weighted by molar-refractivity contribution is -0.126. The third-order valence-corrected chi connectivity index (χ3v) is 7.60. The van der Waals surface area contributed by atoms with E-state index in [-0.39, 0.29) is 17.6 Å². The number of hydrogen-bond donors (Lipinski definition) is 1. The van der Waals surface area contributed by atoms with E-state index >= 15 is 0 Å². The van der Waals surface area contributed by atoms with Gasteiger partial charge in [-0.05, 0) is 93.3 Å². The molecule has 0 saturated carbocycles. The maximum atomic E-state index is 13.8. The molecule has 0 atom stereocenters. The van der Waals surface area contributed by atoms with Gasteiger partial charge in [-0.3, -0.25) is 9.69 Å². The van der Waals surface area contributed by atoms with E-state index in [1.54, 1.807) is 12.1 Å². The molecule has 3 aromatic rings. The summed E-state index contributed by atoms with van der Waals surface area (Å²) in [5.41, 5.74) is 4.89. The van der Waals surface area contributed by atoms with Crippen molar-refractivity contribution in [3.05, 3.63) is 83.3 Å². The minimum Gasteiger partial charge on any atom is -0.356 e. The Hall–Kier alpha value is -2.92. The normalized spacial score (nSPS) is 17.5. The maximum absolute atomic E-state index is 13.8. The minimum atomic E-state index is -0.198. The van der Waals surface area contributed by atoms with Crippen molar-refractivity contribution in [1.29, 1.82) is 0 Å². The van der Waals surface area contributed by atoms with Crippen LogP contribution < -0.4 is 5.32 Å². The van der Waals surface area contributed by atoms with Crippen molar-refractivity contribution in [2.24, 2.45) is 5.92 Å². The molecule has 0 radical (unpaired) electrons. The van der Waals surface area contributed by atoms with Crippen molar-refractivity contribution in [2.75, 3.05) is 19.6 Å². The summed E-state index contributed by atoms with van der Waals surface area (Å²) >= 11 is 0. The van der Waals surface area contributed by atoms with E-state index in [9.17, 15) is 9.18 Å². The van der Waals surface area contributed by atoms with E-state index in [1.165, 1.54) is 53.9 Å². The summed E-state index contributed by atoms with van der Waals surface area (Å²) in [6.45, 7) is 4.10. The summed E-state index contributed by atoms with van der Waals surface area (Å²) in [5.74, 6) is 0.141. The van der Waals surface area contributed by atoms with Crippen LogP contribution in [-0.4, -0.2) is 35.0 Å². The van der Waals surface area contributed by atoms with Gasteiger partial charge in [-0.15, -0.1) is 0 Å². The van der Waals surface area contributed by atoms with Gasteiger partial charge >= 0.3 is 0 Å². The first-order valence-electron chi connectivity index (χ1n) is 13.2. The van der Waals surface area contributed by atoms with Crippen LogP contribution in [-0.2, 0) is 17.9 Å². The first-order chi connectivity index (χ1) is 17.2. The van der Waals surface area contributed by atoms with Crippen LogP contribution in [0.2, 0.25) is 0 Å². The van der Waals surface area contributed by atoms with E-state index < -0.39 is 0 Å². The number of benzene rings is 2. The molecule has 1 aliphatic carbocycles. The van der Waals surface area contributed by atoms with E-state index in [1.807, 2.05) is 6.07 Å². The molecule has 5 heteroatoms. The molecular weight excluding hydrogens is 437 g/mol. The molecule has 1 aromatic heterocycles. The van der Waals surface area contributed by atoms with Gasteiger partial charge in [0.05, 0.1) is 0 Å². The second-order valence-electron chi connectivity index (χ2n) is 10.1. The Balaban J connectivity index is 1.18. The van der Waals surface area contributed by atoms with Crippen LogP contribution in [0, 0.1) is 11.7 Å². The standard InChI is InChI=1S/C30H36FN3O/c31-27-11-6-9-24(19-27)21-34-28(20-26-10-4-5-12-29(26)34)22-33-17-14-25(15-18-33)30(35)32-16-13-23-7-2-1-3-8-23/h4-7,9-12,19-20,25H,1-3,8,13-18,21-22H2,(H,32,35). The third kappa shape index (κ3) is 6.02. The molecule has 1 aliphatic heterocycles. The Bertz CT molecular complexity index is 1190. The van der Waals surface area contributed by atoms with E-state index in [4.69, 9.17) is 0 Å². The minimum absolute atomic E-state index is 0.115. The number of fused-ring (bicyclic) bond motifs is 1. The van der Waals surface area contributed by atoms with Gasteiger partial charge in [0, 0.05) is 36.8 Å². The van der Waals surface area contributed by atoms with Crippen LogP contribution in [0.3, 0.4) is 0 Å². The molecule has 2 aliphatic rings. The second-order valence-corrected chi connectivity index (χ2v) is 10.1. The molecule has 1 N–H and O–H groups in total. The van der Waals surface area contributed by atoms with Crippen molar-refractivity contribution >= 4 is 16.8 Å². The number of aromatic nitrogens is 1. The van der Waals surface area contributed by atoms with E-state index in [0.29, 0.717) is 6.54 Å². The number of carbonyl (C=O) groups excluding carboxylic acids is 1. The number of piperidine rings is 1. The maximum Gasteiger partial charge on any atom is 0.223 e. The predicted octanol–water partition coefficient (Wildman–Crippen LogP) is 6.05. The van der Waals surface area contributed by atoms with Crippen LogP contribution in [0.4, 0.5) is 4.39 Å².